The van der Waals surface area contributed by atoms with Gasteiger partial charge in [0.25, 0.3) is 0 Å². The van der Waals surface area contributed by atoms with Crippen LogP contribution in [0.15, 0.2) is 0 Å². The van der Waals surface area contributed by atoms with Crippen LogP contribution in [0.5, 0.6) is 0 Å². The summed E-state index contributed by atoms with van der Waals surface area (Å²) in [6.07, 6.45) is 18.7. The van der Waals surface area contributed by atoms with Crippen LogP contribution in [0.1, 0.15) is 97.3 Å². The highest BCUT2D eigenvalue weighted by Gasteiger charge is 2.25. The molecule has 0 atom stereocenters. The van der Waals surface area contributed by atoms with E-state index in [1.807, 2.05) is 0 Å². The smallest absolute Gasteiger partial charge is 0.000516 e. The Bertz CT molecular complexity index is 194. The van der Waals surface area contributed by atoms with Gasteiger partial charge in [0.15, 0.2) is 0 Å². The van der Waals surface area contributed by atoms with Crippen molar-refractivity contribution in [1.82, 2.24) is 5.32 Å². The van der Waals surface area contributed by atoms with Gasteiger partial charge in [0.1, 0.15) is 0 Å². The van der Waals surface area contributed by atoms with Crippen LogP contribution in [0.2, 0.25) is 0 Å². The normalized spacial score (nSPS) is 18.6. The number of nitrogens with one attached hydrogen (secondary N) is 1. The van der Waals surface area contributed by atoms with Crippen LogP contribution in [0, 0.1) is 5.41 Å². The summed E-state index contributed by atoms with van der Waals surface area (Å²) < 4.78 is 0. The standard InChI is InChI=1S/C18H37N/c1-3-4-5-6-7-8-9-13-16-19-17-18(2)14-11-10-12-15-18/h19H,3-17H2,1-2H3. The lowest BCUT2D eigenvalue weighted by Gasteiger charge is -2.33. The van der Waals surface area contributed by atoms with E-state index >= 15 is 0 Å². The zero-order chi connectivity index (χ0) is 13.8. The fraction of sp³-hybridized carbons (Fsp3) is 1.00. The first-order chi connectivity index (χ1) is 9.27. The molecule has 1 aliphatic carbocycles. The number of hydrogen-bond donors (Lipinski definition) is 1. The molecule has 1 N–H and O–H groups in total. The van der Waals surface area contributed by atoms with Gasteiger partial charge in [-0.3, -0.25) is 0 Å². The van der Waals surface area contributed by atoms with Gasteiger partial charge >= 0.3 is 0 Å². The zero-order valence-corrected chi connectivity index (χ0v) is 13.6. The van der Waals surface area contributed by atoms with Crippen molar-refractivity contribution in [3.05, 3.63) is 0 Å². The molecule has 114 valence electrons. The summed E-state index contributed by atoms with van der Waals surface area (Å²) in [7, 11) is 0. The van der Waals surface area contributed by atoms with Crippen LogP contribution >= 0.6 is 0 Å². The molecule has 1 aliphatic rings. The quantitative estimate of drug-likeness (QED) is 0.474. The molecule has 0 saturated heterocycles. The Morgan fingerprint density at radius 2 is 1.37 bits per heavy atom. The monoisotopic (exact) mass is 267 g/mol. The highest BCUT2D eigenvalue weighted by atomic mass is 14.9. The largest absolute Gasteiger partial charge is 0.316 e. The molecule has 1 saturated carbocycles. The van der Waals surface area contributed by atoms with Gasteiger partial charge in [-0.1, -0.05) is 78.1 Å². The van der Waals surface area contributed by atoms with Crippen LogP contribution in [0.4, 0.5) is 0 Å². The van der Waals surface area contributed by atoms with Gasteiger partial charge < -0.3 is 5.32 Å². The van der Waals surface area contributed by atoms with E-state index < -0.39 is 0 Å². The lowest BCUT2D eigenvalue weighted by Crippen LogP contribution is -2.34. The minimum atomic E-state index is 0.610. The third kappa shape index (κ3) is 8.68. The highest BCUT2D eigenvalue weighted by molar-refractivity contribution is 4.80. The Kier molecular flexibility index (Phi) is 9.59. The Morgan fingerprint density at radius 3 is 2.00 bits per heavy atom. The van der Waals surface area contributed by atoms with E-state index in [0.717, 1.165) is 0 Å². The maximum Gasteiger partial charge on any atom is 0.000516 e. The Hall–Kier alpha value is -0.0400. The average Bonchev–Trinajstić information content (AvgIpc) is 2.42. The number of unbranched alkanes of at least 4 members (excludes halogenated alkanes) is 7. The van der Waals surface area contributed by atoms with E-state index in [1.54, 1.807) is 0 Å². The predicted molar refractivity (Wildman–Crippen MR) is 86.7 cm³/mol. The summed E-state index contributed by atoms with van der Waals surface area (Å²) in [5.74, 6) is 0. The van der Waals surface area contributed by atoms with Gasteiger partial charge in [0, 0.05) is 6.54 Å². The van der Waals surface area contributed by atoms with Crippen LogP contribution in [-0.4, -0.2) is 13.1 Å². The second-order valence-corrected chi connectivity index (χ2v) is 7.02. The van der Waals surface area contributed by atoms with Crippen molar-refractivity contribution in [1.29, 1.82) is 0 Å². The minimum absolute atomic E-state index is 0.610. The molecule has 0 unspecified atom stereocenters. The fourth-order valence-electron chi connectivity index (χ4n) is 3.36. The zero-order valence-electron chi connectivity index (χ0n) is 13.6. The molecule has 0 spiro atoms. The Balaban J connectivity index is 1.83. The van der Waals surface area contributed by atoms with Crippen molar-refractivity contribution in [2.75, 3.05) is 13.1 Å². The van der Waals surface area contributed by atoms with E-state index in [1.165, 1.54) is 96.6 Å². The lowest BCUT2D eigenvalue weighted by molar-refractivity contribution is 0.208. The number of rotatable bonds is 11. The number of hydrogen-bond acceptors (Lipinski definition) is 1. The summed E-state index contributed by atoms with van der Waals surface area (Å²) in [5, 5.41) is 3.71. The topological polar surface area (TPSA) is 12.0 Å². The van der Waals surface area contributed by atoms with Crippen LogP contribution in [0.25, 0.3) is 0 Å². The Labute approximate surface area is 121 Å². The molecule has 0 aromatic rings. The third-order valence-electron chi connectivity index (χ3n) is 4.82. The molecule has 1 fully saturated rings. The SMILES string of the molecule is CCCCCCCCCCNCC1(C)CCCCC1. The first-order valence-electron chi connectivity index (χ1n) is 8.97. The molecule has 1 heteroatoms. The highest BCUT2D eigenvalue weighted by Crippen LogP contribution is 2.34. The molecule has 0 aliphatic heterocycles. The average molecular weight is 268 g/mol. The fourth-order valence-corrected chi connectivity index (χ4v) is 3.36. The van der Waals surface area contributed by atoms with Crippen molar-refractivity contribution < 1.29 is 0 Å². The van der Waals surface area contributed by atoms with Gasteiger partial charge in [-0.25, -0.2) is 0 Å². The molecule has 0 radical (unpaired) electrons. The van der Waals surface area contributed by atoms with E-state index in [2.05, 4.69) is 19.2 Å². The van der Waals surface area contributed by atoms with Gasteiger partial charge in [-0.2, -0.15) is 0 Å². The summed E-state index contributed by atoms with van der Waals surface area (Å²) in [5.41, 5.74) is 0.610. The summed E-state index contributed by atoms with van der Waals surface area (Å²) >= 11 is 0. The lowest BCUT2D eigenvalue weighted by atomic mass is 9.76. The first-order valence-corrected chi connectivity index (χ1v) is 8.97. The van der Waals surface area contributed by atoms with E-state index in [-0.39, 0.29) is 0 Å². The van der Waals surface area contributed by atoms with Gasteiger partial charge in [-0.15, -0.1) is 0 Å². The van der Waals surface area contributed by atoms with E-state index in [0.29, 0.717) is 5.41 Å². The van der Waals surface area contributed by atoms with Gasteiger partial charge in [0.2, 0.25) is 0 Å². The molecule has 0 aromatic heterocycles. The van der Waals surface area contributed by atoms with Crippen molar-refractivity contribution in [2.45, 2.75) is 97.3 Å². The molecule has 0 aromatic carbocycles. The summed E-state index contributed by atoms with van der Waals surface area (Å²) in [6.45, 7) is 7.26. The first kappa shape index (κ1) is 17.0. The van der Waals surface area contributed by atoms with Crippen LogP contribution in [-0.2, 0) is 0 Å². The van der Waals surface area contributed by atoms with E-state index in [9.17, 15) is 0 Å². The predicted octanol–water partition coefficient (Wildman–Crippen LogP) is 5.69. The summed E-state index contributed by atoms with van der Waals surface area (Å²) in [6, 6.07) is 0. The van der Waals surface area contributed by atoms with Crippen LogP contribution in [0.3, 0.4) is 0 Å². The van der Waals surface area contributed by atoms with Crippen molar-refractivity contribution >= 4 is 0 Å². The molecule has 0 heterocycles. The molecule has 0 bridgehead atoms. The van der Waals surface area contributed by atoms with Gasteiger partial charge in [0.05, 0.1) is 0 Å². The second kappa shape index (κ2) is 10.7. The van der Waals surface area contributed by atoms with Crippen molar-refractivity contribution in [3.8, 4) is 0 Å². The van der Waals surface area contributed by atoms with Crippen molar-refractivity contribution in [3.63, 3.8) is 0 Å². The van der Waals surface area contributed by atoms with Crippen molar-refractivity contribution in [2.24, 2.45) is 5.41 Å². The minimum Gasteiger partial charge on any atom is -0.316 e. The summed E-state index contributed by atoms with van der Waals surface area (Å²) in [4.78, 5) is 0. The molecule has 1 nitrogen and oxygen atoms in total. The maximum absolute atomic E-state index is 3.71. The Morgan fingerprint density at radius 1 is 0.789 bits per heavy atom. The third-order valence-corrected chi connectivity index (χ3v) is 4.82. The molecule has 0 amide bonds. The van der Waals surface area contributed by atoms with Crippen LogP contribution < -0.4 is 5.32 Å². The second-order valence-electron chi connectivity index (χ2n) is 7.02. The van der Waals surface area contributed by atoms with Gasteiger partial charge in [-0.05, 0) is 31.2 Å². The molecular weight excluding hydrogens is 230 g/mol. The molecule has 19 heavy (non-hydrogen) atoms. The molecular formula is C18H37N. The van der Waals surface area contributed by atoms with E-state index in [4.69, 9.17) is 0 Å². The maximum atomic E-state index is 3.71. The molecule has 1 rings (SSSR count).